The minimum atomic E-state index is -4.93. The number of para-hydroxylation sites is 1. The zero-order valence-electron chi connectivity index (χ0n) is 24.9. The molecule has 0 spiro atoms. The first-order valence-electron chi connectivity index (χ1n) is 13.9. The number of hydrogen-bond donors (Lipinski definition) is 7. The van der Waals surface area contributed by atoms with E-state index in [2.05, 4.69) is 10.6 Å². The Morgan fingerprint density at radius 3 is 1.71 bits per heavy atom. The number of anilines is 5. The Kier molecular flexibility index (Phi) is 9.11. The molecule has 48 heavy (non-hydrogen) atoms. The van der Waals surface area contributed by atoms with Gasteiger partial charge in [-0.3, -0.25) is 13.7 Å². The zero-order valence-corrected chi connectivity index (χ0v) is 27.4. The van der Waals surface area contributed by atoms with Crippen LogP contribution >= 0.6 is 0 Å². The van der Waals surface area contributed by atoms with Crippen LogP contribution < -0.4 is 16.4 Å². The fourth-order valence-corrected chi connectivity index (χ4v) is 7.42. The topological polar surface area (TPSA) is 233 Å². The average Bonchev–Trinajstić information content (AvgIpc) is 3.01. The summed E-state index contributed by atoms with van der Waals surface area (Å²) >= 11 is 0. The first kappa shape index (κ1) is 34.5. The van der Waals surface area contributed by atoms with Gasteiger partial charge in [0.25, 0.3) is 30.4 Å². The summed E-state index contributed by atoms with van der Waals surface area (Å²) in [6.07, 6.45) is 0. The molecule has 1 atom stereocenters. The van der Waals surface area contributed by atoms with Crippen molar-refractivity contribution in [2.24, 2.45) is 0 Å². The second-order valence-corrected chi connectivity index (χ2v) is 14.9. The highest BCUT2D eigenvalue weighted by molar-refractivity contribution is 7.86. The molecule has 0 saturated heterocycles. The third kappa shape index (κ3) is 7.04. The molecule has 1 unspecified atom stereocenters. The summed E-state index contributed by atoms with van der Waals surface area (Å²) < 4.78 is 102. The summed E-state index contributed by atoms with van der Waals surface area (Å²) in [5.74, 6) is 0. The summed E-state index contributed by atoms with van der Waals surface area (Å²) in [7, 11) is -13.9. The molecule has 0 amide bonds. The molecular formula is C32H29N3O10S3. The van der Waals surface area contributed by atoms with Crippen LogP contribution in [0.3, 0.4) is 0 Å². The standard InChI is InChI=1S/C32H29N3O10S3/c1-20-28(33)18-17-27(31(20)48(43,44)45)32(36,21-9-13-23(14-10-21)34-25-5-4-6-26(19-25)46(37,38)39)22-11-15-24(16-12-22)35-29-7-2-3-8-30(29)47(40,41)42/h2-19,34-36H,33H2,1H3,(H,37,38,39)(H,40,41,42)(H,43,44,45). The summed E-state index contributed by atoms with van der Waals surface area (Å²) in [5.41, 5.74) is 5.11. The van der Waals surface area contributed by atoms with E-state index in [1.54, 1.807) is 24.3 Å². The van der Waals surface area contributed by atoms with E-state index < -0.39 is 40.9 Å². The molecule has 0 aliphatic rings. The molecule has 0 saturated carbocycles. The summed E-state index contributed by atoms with van der Waals surface area (Å²) in [6, 6.07) is 25.8. The van der Waals surface area contributed by atoms with Crippen LogP contribution in [0.1, 0.15) is 22.3 Å². The lowest BCUT2D eigenvalue weighted by molar-refractivity contribution is 0.122. The SMILES string of the molecule is Cc1c(N)ccc(C(O)(c2ccc(Nc3cccc(S(=O)(=O)O)c3)cc2)c2ccc(Nc3ccccc3S(=O)(=O)O)cc2)c1S(=O)(=O)O. The fraction of sp³-hybridized carbons (Fsp3) is 0.0625. The van der Waals surface area contributed by atoms with Crippen LogP contribution in [0.15, 0.2) is 124 Å². The number of nitrogens with one attached hydrogen (secondary N) is 2. The van der Waals surface area contributed by atoms with E-state index in [1.165, 1.54) is 91.9 Å². The molecule has 5 rings (SSSR count). The highest BCUT2D eigenvalue weighted by Crippen LogP contribution is 2.43. The maximum atomic E-state index is 12.7. The fourth-order valence-electron chi connectivity index (χ4n) is 5.24. The predicted molar refractivity (Wildman–Crippen MR) is 179 cm³/mol. The molecule has 8 N–H and O–H groups in total. The van der Waals surface area contributed by atoms with E-state index in [9.17, 15) is 44.0 Å². The number of benzene rings is 5. The van der Waals surface area contributed by atoms with Gasteiger partial charge >= 0.3 is 0 Å². The molecule has 13 nitrogen and oxygen atoms in total. The summed E-state index contributed by atoms with van der Waals surface area (Å²) in [5, 5.41) is 18.5. The van der Waals surface area contributed by atoms with Gasteiger partial charge in [0.15, 0.2) is 0 Å². The third-order valence-corrected chi connectivity index (χ3v) is 10.4. The predicted octanol–water partition coefficient (Wildman–Crippen LogP) is 5.09. The monoisotopic (exact) mass is 711 g/mol. The van der Waals surface area contributed by atoms with E-state index in [0.29, 0.717) is 17.1 Å². The zero-order chi connectivity index (χ0) is 35.1. The number of rotatable bonds is 10. The van der Waals surface area contributed by atoms with E-state index >= 15 is 0 Å². The first-order chi connectivity index (χ1) is 22.4. The van der Waals surface area contributed by atoms with Crippen LogP contribution in [0.5, 0.6) is 0 Å². The van der Waals surface area contributed by atoms with Crippen LogP contribution in [0.4, 0.5) is 28.4 Å². The van der Waals surface area contributed by atoms with Gasteiger partial charge in [-0.2, -0.15) is 25.3 Å². The van der Waals surface area contributed by atoms with E-state index in [4.69, 9.17) is 5.73 Å². The minimum absolute atomic E-state index is 0.00513. The molecule has 5 aromatic rings. The van der Waals surface area contributed by atoms with Crippen molar-refractivity contribution >= 4 is 58.8 Å². The highest BCUT2D eigenvalue weighted by Gasteiger charge is 2.39. The van der Waals surface area contributed by atoms with Crippen molar-refractivity contribution in [3.63, 3.8) is 0 Å². The second-order valence-electron chi connectivity index (χ2n) is 10.7. The lowest BCUT2D eigenvalue weighted by atomic mass is 9.79. The third-order valence-electron chi connectivity index (χ3n) is 7.57. The average molecular weight is 712 g/mol. The number of nitrogen functional groups attached to an aromatic ring is 1. The largest absolute Gasteiger partial charge is 0.398 e. The van der Waals surface area contributed by atoms with Gasteiger partial charge in [0, 0.05) is 28.3 Å². The van der Waals surface area contributed by atoms with Gasteiger partial charge in [0.1, 0.15) is 15.4 Å². The Morgan fingerprint density at radius 1 is 0.604 bits per heavy atom. The van der Waals surface area contributed by atoms with Crippen LogP contribution in [-0.4, -0.2) is 44.0 Å². The maximum Gasteiger partial charge on any atom is 0.296 e. The van der Waals surface area contributed by atoms with E-state index in [0.717, 1.165) is 0 Å². The van der Waals surface area contributed by atoms with E-state index in [1.807, 2.05) is 0 Å². The molecule has 250 valence electrons. The molecule has 0 aromatic heterocycles. The smallest absolute Gasteiger partial charge is 0.296 e. The molecule has 0 bridgehead atoms. The minimum Gasteiger partial charge on any atom is -0.398 e. The van der Waals surface area contributed by atoms with Gasteiger partial charge in [-0.05, 0) is 84.3 Å². The summed E-state index contributed by atoms with van der Waals surface area (Å²) in [6.45, 7) is 1.38. The van der Waals surface area contributed by atoms with Crippen LogP contribution in [0, 0.1) is 6.92 Å². The Morgan fingerprint density at radius 2 is 1.17 bits per heavy atom. The quantitative estimate of drug-likeness (QED) is 0.0569. The van der Waals surface area contributed by atoms with Crippen LogP contribution in [0.25, 0.3) is 0 Å². The van der Waals surface area contributed by atoms with E-state index in [-0.39, 0.29) is 43.4 Å². The van der Waals surface area contributed by atoms with Crippen molar-refractivity contribution in [2.75, 3.05) is 16.4 Å². The normalized spacial score (nSPS) is 13.4. The lowest BCUT2D eigenvalue weighted by Gasteiger charge is -2.32. The van der Waals surface area contributed by atoms with Gasteiger partial charge in [-0.1, -0.05) is 48.5 Å². The molecule has 5 aromatic carbocycles. The molecule has 0 aliphatic carbocycles. The van der Waals surface area contributed by atoms with Gasteiger partial charge in [-0.25, -0.2) is 0 Å². The Bertz CT molecular complexity index is 2350. The Labute approximate surface area is 277 Å². The number of aliphatic hydroxyl groups is 1. The van der Waals surface area contributed by atoms with Crippen molar-refractivity contribution in [2.45, 2.75) is 27.2 Å². The van der Waals surface area contributed by atoms with Crippen molar-refractivity contribution in [3.8, 4) is 0 Å². The summed E-state index contributed by atoms with van der Waals surface area (Å²) in [4.78, 5) is -1.29. The van der Waals surface area contributed by atoms with Gasteiger partial charge in [-0.15, -0.1) is 0 Å². The first-order valence-corrected chi connectivity index (χ1v) is 18.2. The lowest BCUT2D eigenvalue weighted by Crippen LogP contribution is -2.31. The van der Waals surface area contributed by atoms with Crippen molar-refractivity contribution in [1.82, 2.24) is 0 Å². The van der Waals surface area contributed by atoms with Crippen molar-refractivity contribution in [1.29, 1.82) is 0 Å². The number of nitrogens with two attached hydrogens (primary N) is 1. The molecule has 16 heteroatoms. The molecule has 0 heterocycles. The van der Waals surface area contributed by atoms with Crippen LogP contribution in [-0.2, 0) is 36.0 Å². The van der Waals surface area contributed by atoms with Gasteiger partial charge in [0.05, 0.1) is 10.6 Å². The molecule has 0 radical (unpaired) electrons. The number of hydrogen-bond acceptors (Lipinski definition) is 10. The van der Waals surface area contributed by atoms with Crippen LogP contribution in [0.2, 0.25) is 0 Å². The molecule has 0 aliphatic heterocycles. The Hall–Kier alpha value is -4.81. The maximum absolute atomic E-state index is 12.7. The van der Waals surface area contributed by atoms with Gasteiger partial charge in [0.2, 0.25) is 0 Å². The molecule has 0 fully saturated rings. The van der Waals surface area contributed by atoms with Crippen molar-refractivity contribution < 1.29 is 44.0 Å². The second kappa shape index (κ2) is 12.7. The molecular weight excluding hydrogens is 683 g/mol. The van der Waals surface area contributed by atoms with Gasteiger partial charge < -0.3 is 21.5 Å². The highest BCUT2D eigenvalue weighted by atomic mass is 32.2. The Balaban J connectivity index is 1.61. The van der Waals surface area contributed by atoms with Crippen molar-refractivity contribution in [3.05, 3.63) is 131 Å².